The molecule has 1 aromatic carbocycles. The molecule has 0 bridgehead atoms. The molecule has 2 nitrogen and oxygen atoms in total. The van der Waals surface area contributed by atoms with Gasteiger partial charge in [-0.25, -0.2) is 0 Å². The van der Waals surface area contributed by atoms with Gasteiger partial charge >= 0.3 is 0 Å². The topological polar surface area (TPSA) is 40.5 Å². The maximum absolute atomic E-state index is 9.40. The molecule has 12 heavy (non-hydrogen) atoms. The van der Waals surface area contributed by atoms with E-state index in [2.05, 4.69) is 12.6 Å². The average Bonchev–Trinajstić information content (AvgIpc) is 2.10. The Hall–Kier alpha value is -0.670. The first-order chi connectivity index (χ1) is 5.79. The summed E-state index contributed by atoms with van der Waals surface area (Å²) in [5, 5.41) is 18.3. The number of aliphatic hydroxyl groups excluding tert-OH is 1. The lowest BCUT2D eigenvalue weighted by Crippen LogP contribution is -2.05. The predicted molar refractivity (Wildman–Crippen MR) is 51.8 cm³/mol. The van der Waals surface area contributed by atoms with Crippen LogP contribution < -0.4 is 0 Å². The number of phenols is 1. The van der Waals surface area contributed by atoms with Crippen LogP contribution in [0.4, 0.5) is 0 Å². The van der Waals surface area contributed by atoms with Crippen LogP contribution in [-0.2, 0) is 0 Å². The Bertz CT molecular complexity index is 246. The van der Waals surface area contributed by atoms with Gasteiger partial charge in [-0.15, -0.1) is 0 Å². The van der Waals surface area contributed by atoms with Crippen LogP contribution in [0.25, 0.3) is 0 Å². The van der Waals surface area contributed by atoms with Gasteiger partial charge in [0.15, 0.2) is 0 Å². The molecule has 0 aromatic heterocycles. The lowest BCUT2D eigenvalue weighted by molar-refractivity contribution is 0.272. The number of aromatic hydroxyl groups is 1. The van der Waals surface area contributed by atoms with Crippen LogP contribution in [0.2, 0.25) is 0 Å². The minimum atomic E-state index is -0.0745. The van der Waals surface area contributed by atoms with E-state index >= 15 is 0 Å². The van der Waals surface area contributed by atoms with Gasteiger partial charge in [-0.3, -0.25) is 0 Å². The molecular formula is C9H12O2S. The molecule has 1 atom stereocenters. The van der Waals surface area contributed by atoms with Crippen molar-refractivity contribution in [3.63, 3.8) is 0 Å². The molecule has 1 unspecified atom stereocenters. The summed E-state index contributed by atoms with van der Waals surface area (Å²) in [6.45, 7) is 0.0150. The molecule has 0 amide bonds. The molecule has 66 valence electrons. The van der Waals surface area contributed by atoms with Crippen molar-refractivity contribution in [3.8, 4) is 5.75 Å². The van der Waals surface area contributed by atoms with E-state index in [1.807, 2.05) is 6.07 Å². The highest BCUT2D eigenvalue weighted by atomic mass is 32.1. The molecule has 0 fully saturated rings. The first kappa shape index (κ1) is 9.42. The Balaban J connectivity index is 2.92. The van der Waals surface area contributed by atoms with Crippen molar-refractivity contribution in [2.45, 2.75) is 5.92 Å². The number of rotatable bonds is 3. The second kappa shape index (κ2) is 4.38. The Morgan fingerprint density at radius 2 is 2.00 bits per heavy atom. The highest BCUT2D eigenvalue weighted by Gasteiger charge is 2.11. The minimum Gasteiger partial charge on any atom is -0.508 e. The van der Waals surface area contributed by atoms with Crippen molar-refractivity contribution >= 4 is 12.6 Å². The predicted octanol–water partition coefficient (Wildman–Crippen LogP) is 1.40. The zero-order valence-electron chi connectivity index (χ0n) is 6.64. The second-order valence-electron chi connectivity index (χ2n) is 2.62. The largest absolute Gasteiger partial charge is 0.508 e. The summed E-state index contributed by atoms with van der Waals surface area (Å²) >= 11 is 4.08. The molecule has 1 rings (SSSR count). The van der Waals surface area contributed by atoms with Crippen molar-refractivity contribution in [1.29, 1.82) is 0 Å². The highest BCUT2D eigenvalue weighted by Crippen LogP contribution is 2.25. The van der Waals surface area contributed by atoms with Gasteiger partial charge in [0.1, 0.15) is 5.75 Å². The lowest BCUT2D eigenvalue weighted by Gasteiger charge is -2.12. The summed E-state index contributed by atoms with van der Waals surface area (Å²) in [5.74, 6) is 0.689. The SMILES string of the molecule is OCC(CS)c1ccccc1O. The van der Waals surface area contributed by atoms with Gasteiger partial charge in [0, 0.05) is 11.5 Å². The molecule has 0 heterocycles. The number of hydrogen-bond donors (Lipinski definition) is 3. The molecule has 3 heteroatoms. The van der Waals surface area contributed by atoms with E-state index in [0.29, 0.717) is 5.75 Å². The maximum Gasteiger partial charge on any atom is 0.119 e. The molecule has 2 N–H and O–H groups in total. The summed E-state index contributed by atoms with van der Waals surface area (Å²) in [6.07, 6.45) is 0. The van der Waals surface area contributed by atoms with Crippen LogP contribution in [0.1, 0.15) is 11.5 Å². The summed E-state index contributed by atoms with van der Waals surface area (Å²) in [7, 11) is 0. The van der Waals surface area contributed by atoms with Crippen LogP contribution in [0.5, 0.6) is 5.75 Å². The van der Waals surface area contributed by atoms with E-state index in [0.717, 1.165) is 5.56 Å². The van der Waals surface area contributed by atoms with Crippen LogP contribution in [0.15, 0.2) is 24.3 Å². The zero-order chi connectivity index (χ0) is 8.97. The molecule has 0 aliphatic carbocycles. The second-order valence-corrected chi connectivity index (χ2v) is 2.99. The standard InChI is InChI=1S/C9H12O2S/c10-5-7(6-12)8-3-1-2-4-9(8)11/h1-4,7,10-12H,5-6H2. The van der Waals surface area contributed by atoms with Crippen molar-refractivity contribution in [2.24, 2.45) is 0 Å². The lowest BCUT2D eigenvalue weighted by atomic mass is 10.0. The summed E-state index contributed by atoms with van der Waals surface area (Å²) in [6, 6.07) is 7.00. The Labute approximate surface area is 77.3 Å². The molecule has 0 aliphatic rings. The summed E-state index contributed by atoms with van der Waals surface area (Å²) < 4.78 is 0. The van der Waals surface area contributed by atoms with E-state index in [4.69, 9.17) is 5.11 Å². The third-order valence-electron chi connectivity index (χ3n) is 1.82. The van der Waals surface area contributed by atoms with E-state index in [-0.39, 0.29) is 18.3 Å². The van der Waals surface area contributed by atoms with Crippen LogP contribution in [0.3, 0.4) is 0 Å². The van der Waals surface area contributed by atoms with Gasteiger partial charge in [-0.05, 0) is 11.8 Å². The quantitative estimate of drug-likeness (QED) is 0.621. The Morgan fingerprint density at radius 1 is 1.33 bits per heavy atom. The Morgan fingerprint density at radius 3 is 2.50 bits per heavy atom. The van der Waals surface area contributed by atoms with Crippen molar-refractivity contribution in [3.05, 3.63) is 29.8 Å². The molecule has 0 saturated heterocycles. The van der Waals surface area contributed by atoms with Crippen LogP contribution >= 0.6 is 12.6 Å². The maximum atomic E-state index is 9.40. The van der Waals surface area contributed by atoms with Gasteiger partial charge < -0.3 is 10.2 Å². The fourth-order valence-corrected chi connectivity index (χ4v) is 1.40. The summed E-state index contributed by atoms with van der Waals surface area (Å²) in [5.41, 5.74) is 0.759. The highest BCUT2D eigenvalue weighted by molar-refractivity contribution is 7.80. The average molecular weight is 184 g/mol. The first-order valence-corrected chi connectivity index (χ1v) is 4.42. The van der Waals surface area contributed by atoms with E-state index in [1.165, 1.54) is 0 Å². The van der Waals surface area contributed by atoms with Gasteiger partial charge in [-0.2, -0.15) is 12.6 Å². The van der Waals surface area contributed by atoms with Crippen molar-refractivity contribution in [2.75, 3.05) is 12.4 Å². The van der Waals surface area contributed by atoms with Gasteiger partial charge in [0.2, 0.25) is 0 Å². The zero-order valence-corrected chi connectivity index (χ0v) is 7.54. The smallest absolute Gasteiger partial charge is 0.119 e. The third kappa shape index (κ3) is 1.93. The first-order valence-electron chi connectivity index (χ1n) is 3.79. The molecule has 0 radical (unpaired) electrons. The molecular weight excluding hydrogens is 172 g/mol. The summed E-state index contributed by atoms with van der Waals surface area (Å²) in [4.78, 5) is 0. The minimum absolute atomic E-state index is 0.0150. The number of para-hydroxylation sites is 1. The number of phenolic OH excluding ortho intramolecular Hbond substituents is 1. The van der Waals surface area contributed by atoms with Crippen molar-refractivity contribution < 1.29 is 10.2 Å². The fourth-order valence-electron chi connectivity index (χ4n) is 1.09. The fraction of sp³-hybridized carbons (Fsp3) is 0.333. The van der Waals surface area contributed by atoms with E-state index < -0.39 is 0 Å². The van der Waals surface area contributed by atoms with Gasteiger partial charge in [-0.1, -0.05) is 18.2 Å². The monoisotopic (exact) mass is 184 g/mol. The molecule has 0 spiro atoms. The van der Waals surface area contributed by atoms with Crippen LogP contribution in [0, 0.1) is 0 Å². The molecule has 0 saturated carbocycles. The van der Waals surface area contributed by atoms with Crippen LogP contribution in [-0.4, -0.2) is 22.6 Å². The molecule has 1 aromatic rings. The number of hydrogen-bond acceptors (Lipinski definition) is 3. The number of thiol groups is 1. The molecule has 0 aliphatic heterocycles. The van der Waals surface area contributed by atoms with Crippen molar-refractivity contribution in [1.82, 2.24) is 0 Å². The number of benzene rings is 1. The van der Waals surface area contributed by atoms with Gasteiger partial charge in [0.25, 0.3) is 0 Å². The van der Waals surface area contributed by atoms with E-state index in [9.17, 15) is 5.11 Å². The third-order valence-corrected chi connectivity index (χ3v) is 2.26. The normalized spacial score (nSPS) is 12.8. The van der Waals surface area contributed by atoms with Gasteiger partial charge in [0.05, 0.1) is 6.61 Å². The van der Waals surface area contributed by atoms with E-state index in [1.54, 1.807) is 18.2 Å². The number of aliphatic hydroxyl groups is 1. The Kier molecular flexibility index (Phi) is 3.44.